The van der Waals surface area contributed by atoms with Crippen molar-refractivity contribution in [3.63, 3.8) is 0 Å². The van der Waals surface area contributed by atoms with E-state index in [1.54, 1.807) is 30.1 Å². The molecule has 0 aliphatic heterocycles. The Balaban J connectivity index is 0.000000211. The van der Waals surface area contributed by atoms with Gasteiger partial charge < -0.3 is 26.2 Å². The number of aromatic nitrogens is 6. The highest BCUT2D eigenvalue weighted by atomic mass is 19.1. The van der Waals surface area contributed by atoms with Crippen LogP contribution in [-0.4, -0.2) is 72.0 Å². The highest BCUT2D eigenvalue weighted by molar-refractivity contribution is 5.99. The fourth-order valence-corrected chi connectivity index (χ4v) is 5.07. The van der Waals surface area contributed by atoms with Crippen molar-refractivity contribution in [2.24, 2.45) is 0 Å². The Kier molecular flexibility index (Phi) is 10.8. The second-order valence-corrected chi connectivity index (χ2v) is 12.6. The number of alkyl halides is 1. The SMILES string of the molecule is CC(C)Nc1cc(-n2ccc3cnc(N)nc32)ncc1C(=O)NC[C@@H](F)C(C)(C)O.COc1ccc(CCc2ncc3c(n2)CC=C3)cc1. The lowest BCUT2D eigenvalue weighted by Crippen LogP contribution is -2.42. The average Bonchev–Trinajstić information content (AvgIpc) is 3.72. The second kappa shape index (κ2) is 15.2. The van der Waals surface area contributed by atoms with Crippen molar-refractivity contribution in [2.45, 2.75) is 64.8 Å². The van der Waals surface area contributed by atoms with Crippen molar-refractivity contribution < 1.29 is 19.0 Å². The number of pyridine rings is 1. The van der Waals surface area contributed by atoms with Crippen LogP contribution in [0.5, 0.6) is 5.75 Å². The van der Waals surface area contributed by atoms with Gasteiger partial charge >= 0.3 is 0 Å². The number of ether oxygens (including phenoxy) is 1. The standard InChI is InChI=1S/C20H26FN7O2.C16H16N2O/c1-11(2)26-14-7-16(28-6-5-12-8-25-19(22)27-17(12)28)23-9-13(14)18(29)24-10-15(21)20(3,4)30;1-19-14-8-5-12(6-9-14)7-10-16-17-11-13-3-2-4-15(13)18-16/h5-9,11,15,30H,10H2,1-4H3,(H,23,26)(H,24,29)(H2,22,25,27);2-3,5-6,8-9,11H,4,7,10H2,1H3/t15-;/m1./s1. The van der Waals surface area contributed by atoms with E-state index in [-0.39, 0.29) is 24.1 Å². The van der Waals surface area contributed by atoms with E-state index in [0.29, 0.717) is 17.2 Å². The highest BCUT2D eigenvalue weighted by Crippen LogP contribution is 2.24. The number of nitrogens with zero attached hydrogens (tertiary/aromatic N) is 6. The quantitative estimate of drug-likeness (QED) is 0.152. The summed E-state index contributed by atoms with van der Waals surface area (Å²) in [6, 6.07) is 11.8. The number of halogens is 1. The number of methoxy groups -OCH3 is 1. The molecule has 1 aliphatic rings. The zero-order chi connectivity index (χ0) is 35.1. The van der Waals surface area contributed by atoms with Gasteiger partial charge in [0.25, 0.3) is 5.91 Å². The van der Waals surface area contributed by atoms with Gasteiger partial charge in [0.2, 0.25) is 5.95 Å². The summed E-state index contributed by atoms with van der Waals surface area (Å²) in [5, 5.41) is 16.2. The van der Waals surface area contributed by atoms with Crippen LogP contribution < -0.4 is 21.1 Å². The van der Waals surface area contributed by atoms with Crippen LogP contribution in [0.4, 0.5) is 16.0 Å². The molecule has 0 spiro atoms. The molecule has 13 heteroatoms. The number of aliphatic hydroxyl groups is 1. The molecule has 0 unspecified atom stereocenters. The van der Waals surface area contributed by atoms with Crippen molar-refractivity contribution in [1.82, 2.24) is 34.8 Å². The minimum Gasteiger partial charge on any atom is -0.497 e. The number of aryl methyl sites for hydroxylation is 2. The van der Waals surface area contributed by atoms with Crippen LogP contribution in [0, 0.1) is 0 Å². The van der Waals surface area contributed by atoms with E-state index in [1.807, 2.05) is 38.2 Å². The topological polar surface area (TPSA) is 166 Å². The zero-order valence-corrected chi connectivity index (χ0v) is 28.3. The average molecular weight is 668 g/mol. The molecule has 0 radical (unpaired) electrons. The third-order valence-corrected chi connectivity index (χ3v) is 7.83. The Morgan fingerprint density at radius 1 is 1.08 bits per heavy atom. The molecule has 1 amide bonds. The first kappa shape index (κ1) is 34.9. The maximum Gasteiger partial charge on any atom is 0.255 e. The van der Waals surface area contributed by atoms with Gasteiger partial charge in [-0.1, -0.05) is 24.3 Å². The van der Waals surface area contributed by atoms with E-state index in [9.17, 15) is 14.3 Å². The van der Waals surface area contributed by atoms with Crippen LogP contribution in [0.2, 0.25) is 0 Å². The minimum absolute atomic E-state index is 0.0384. The van der Waals surface area contributed by atoms with E-state index in [0.717, 1.165) is 47.5 Å². The smallest absolute Gasteiger partial charge is 0.255 e. The number of hydrogen-bond acceptors (Lipinski definition) is 10. The molecule has 4 aromatic heterocycles. The first-order valence-electron chi connectivity index (χ1n) is 16.1. The fraction of sp³-hybridized carbons (Fsp3) is 0.333. The minimum atomic E-state index is -1.61. The largest absolute Gasteiger partial charge is 0.497 e. The first-order chi connectivity index (χ1) is 23.4. The molecule has 5 N–H and O–H groups in total. The summed E-state index contributed by atoms with van der Waals surface area (Å²) < 4.78 is 20.9. The van der Waals surface area contributed by atoms with Crippen LogP contribution in [0.15, 0.2) is 67.3 Å². The lowest BCUT2D eigenvalue weighted by molar-refractivity contribution is -0.00177. The molecule has 1 atom stereocenters. The van der Waals surface area contributed by atoms with E-state index >= 15 is 0 Å². The molecule has 4 heterocycles. The summed E-state index contributed by atoms with van der Waals surface area (Å²) >= 11 is 0. The molecule has 0 fully saturated rings. The lowest BCUT2D eigenvalue weighted by Gasteiger charge is -2.23. The van der Waals surface area contributed by atoms with E-state index in [4.69, 9.17) is 10.5 Å². The maximum absolute atomic E-state index is 14.0. The summed E-state index contributed by atoms with van der Waals surface area (Å²) in [5.41, 5.74) is 9.15. The molecular weight excluding hydrogens is 625 g/mol. The molecule has 6 rings (SSSR count). The van der Waals surface area contributed by atoms with Crippen molar-refractivity contribution in [3.8, 4) is 11.6 Å². The summed E-state index contributed by atoms with van der Waals surface area (Å²) in [6.07, 6.45) is 12.1. The summed E-state index contributed by atoms with van der Waals surface area (Å²) in [4.78, 5) is 34.3. The predicted octanol–water partition coefficient (Wildman–Crippen LogP) is 4.90. The fourth-order valence-electron chi connectivity index (χ4n) is 5.07. The Labute approximate surface area is 284 Å². The Hall–Kier alpha value is -5.43. The molecule has 1 aromatic carbocycles. The van der Waals surface area contributed by atoms with Gasteiger partial charge in [0.15, 0.2) is 5.65 Å². The molecule has 49 heavy (non-hydrogen) atoms. The van der Waals surface area contributed by atoms with Crippen molar-refractivity contribution in [2.75, 3.05) is 24.7 Å². The van der Waals surface area contributed by atoms with E-state index in [2.05, 4.69) is 59.8 Å². The van der Waals surface area contributed by atoms with Gasteiger partial charge in [0.05, 0.1) is 36.2 Å². The number of anilines is 2. The van der Waals surface area contributed by atoms with Crippen molar-refractivity contribution in [3.05, 3.63) is 95.5 Å². The van der Waals surface area contributed by atoms with Gasteiger partial charge in [-0.05, 0) is 57.9 Å². The van der Waals surface area contributed by atoms with Crippen LogP contribution >= 0.6 is 0 Å². The van der Waals surface area contributed by atoms with Gasteiger partial charge in [-0.2, -0.15) is 4.98 Å². The number of fused-ring (bicyclic) bond motifs is 2. The summed E-state index contributed by atoms with van der Waals surface area (Å²) in [6.45, 7) is 6.26. The summed E-state index contributed by atoms with van der Waals surface area (Å²) in [7, 11) is 1.68. The number of nitrogens with two attached hydrogens (primary N) is 1. The normalized spacial score (nSPS) is 12.7. The molecule has 12 nitrogen and oxygen atoms in total. The maximum atomic E-state index is 14.0. The molecule has 1 aliphatic carbocycles. The number of benzene rings is 1. The number of amides is 1. The molecular formula is C36H42FN9O3. The van der Waals surface area contributed by atoms with Gasteiger partial charge in [-0.25, -0.2) is 24.3 Å². The number of allylic oxidation sites excluding steroid dienone is 1. The number of hydrogen-bond donors (Lipinski definition) is 4. The molecule has 5 aromatic rings. The van der Waals surface area contributed by atoms with Gasteiger partial charge in [-0.3, -0.25) is 9.36 Å². The summed E-state index contributed by atoms with van der Waals surface area (Å²) in [5.74, 6) is 2.00. The van der Waals surface area contributed by atoms with Crippen LogP contribution in [0.25, 0.3) is 22.9 Å². The third kappa shape index (κ3) is 8.93. The lowest BCUT2D eigenvalue weighted by atomic mass is 10.0. The van der Waals surface area contributed by atoms with E-state index < -0.39 is 17.7 Å². The molecule has 0 saturated heterocycles. The third-order valence-electron chi connectivity index (χ3n) is 7.83. The number of rotatable bonds is 11. The van der Waals surface area contributed by atoms with Gasteiger partial charge in [-0.15, -0.1) is 0 Å². The van der Waals surface area contributed by atoms with Crippen molar-refractivity contribution >= 4 is 34.7 Å². The van der Waals surface area contributed by atoms with Crippen LogP contribution in [-0.2, 0) is 19.3 Å². The zero-order valence-electron chi connectivity index (χ0n) is 28.3. The number of carbonyl (C=O) groups is 1. The molecule has 0 bridgehead atoms. The van der Waals surface area contributed by atoms with Crippen LogP contribution in [0.3, 0.4) is 0 Å². The van der Waals surface area contributed by atoms with Crippen LogP contribution in [0.1, 0.15) is 60.7 Å². The van der Waals surface area contributed by atoms with Gasteiger partial charge in [0.1, 0.15) is 23.6 Å². The highest BCUT2D eigenvalue weighted by Gasteiger charge is 2.27. The van der Waals surface area contributed by atoms with E-state index in [1.165, 1.54) is 25.6 Å². The first-order valence-corrected chi connectivity index (χ1v) is 16.1. The Bertz CT molecular complexity index is 1940. The van der Waals surface area contributed by atoms with Gasteiger partial charge in [0, 0.05) is 60.7 Å². The second-order valence-electron chi connectivity index (χ2n) is 12.6. The van der Waals surface area contributed by atoms with Crippen molar-refractivity contribution in [1.29, 1.82) is 0 Å². The molecule has 0 saturated carbocycles. The Morgan fingerprint density at radius 2 is 1.86 bits per heavy atom. The number of carbonyl (C=O) groups excluding carboxylic acids is 1. The number of nitrogen functional groups attached to an aromatic ring is 1. The predicted molar refractivity (Wildman–Crippen MR) is 189 cm³/mol. The molecule has 256 valence electrons. The number of nitrogens with one attached hydrogen (secondary N) is 2. The Morgan fingerprint density at radius 3 is 2.57 bits per heavy atom. The monoisotopic (exact) mass is 667 g/mol.